The minimum atomic E-state index is -3.80. The number of nitrogens with zero attached hydrogens (tertiary/aromatic N) is 2. The zero-order valence-corrected chi connectivity index (χ0v) is 17.0. The maximum Gasteiger partial charge on any atom is 0.260 e. The number of carbonyl (C=O) groups excluding carboxylic acids is 1. The number of sulfonamides is 1. The molecule has 0 atom stereocenters. The number of piperazine rings is 1. The smallest absolute Gasteiger partial charge is 0.260 e. The fourth-order valence-corrected chi connectivity index (χ4v) is 4.76. The van der Waals surface area contributed by atoms with Crippen molar-refractivity contribution >= 4 is 39.1 Å². The molecule has 0 radical (unpaired) electrons. The summed E-state index contributed by atoms with van der Waals surface area (Å²) in [6.07, 6.45) is 0. The van der Waals surface area contributed by atoms with Crippen LogP contribution in [0.3, 0.4) is 0 Å². The highest BCUT2D eigenvalue weighted by atomic mass is 35.5. The summed E-state index contributed by atoms with van der Waals surface area (Å²) in [5.74, 6) is -0.523. The van der Waals surface area contributed by atoms with Crippen molar-refractivity contribution in [2.75, 3.05) is 32.8 Å². The lowest BCUT2D eigenvalue weighted by molar-refractivity contribution is -0.134. The van der Waals surface area contributed by atoms with E-state index in [0.29, 0.717) is 15.8 Å². The second-order valence-corrected chi connectivity index (χ2v) is 8.95. The topological polar surface area (TPSA) is 66.9 Å². The van der Waals surface area contributed by atoms with Crippen molar-refractivity contribution in [1.82, 2.24) is 9.21 Å². The molecule has 1 heterocycles. The number of carbonyl (C=O) groups is 1. The van der Waals surface area contributed by atoms with Crippen LogP contribution in [0, 0.1) is 5.82 Å². The maximum absolute atomic E-state index is 13.3. The van der Waals surface area contributed by atoms with Gasteiger partial charge in [0.1, 0.15) is 11.6 Å². The summed E-state index contributed by atoms with van der Waals surface area (Å²) in [5, 5.41) is 0.789. The summed E-state index contributed by atoms with van der Waals surface area (Å²) in [6.45, 7) is 0.453. The molecule has 0 saturated carbocycles. The standard InChI is InChI=1S/C18H17Cl2FN2O4S/c19-13-8-14(20)10-16(9-13)27-12-18(24)22-4-6-23(7-5-22)28(25,26)17-3-1-2-15(21)11-17/h1-3,8-11H,4-7,12H2. The van der Waals surface area contributed by atoms with Crippen molar-refractivity contribution in [3.05, 3.63) is 58.3 Å². The molecule has 0 spiro atoms. The SMILES string of the molecule is O=C(COc1cc(Cl)cc(Cl)c1)N1CCN(S(=O)(=O)c2cccc(F)c2)CC1. The third-order valence-electron chi connectivity index (χ3n) is 4.22. The van der Waals surface area contributed by atoms with Gasteiger partial charge in [-0.2, -0.15) is 4.31 Å². The van der Waals surface area contributed by atoms with E-state index in [1.807, 2.05) is 0 Å². The van der Waals surface area contributed by atoms with Crippen LogP contribution in [0.15, 0.2) is 47.4 Å². The maximum atomic E-state index is 13.3. The van der Waals surface area contributed by atoms with Crippen LogP contribution in [0.4, 0.5) is 4.39 Å². The van der Waals surface area contributed by atoms with Crippen LogP contribution in [0.25, 0.3) is 0 Å². The Balaban J connectivity index is 1.56. The summed E-state index contributed by atoms with van der Waals surface area (Å²) in [4.78, 5) is 13.7. The van der Waals surface area contributed by atoms with E-state index in [1.165, 1.54) is 27.4 Å². The van der Waals surface area contributed by atoms with Crippen LogP contribution in [0.1, 0.15) is 0 Å². The average molecular weight is 447 g/mol. The molecule has 1 aliphatic rings. The van der Waals surface area contributed by atoms with Gasteiger partial charge >= 0.3 is 0 Å². The summed E-state index contributed by atoms with van der Waals surface area (Å²) < 4.78 is 45.2. The highest BCUT2D eigenvalue weighted by molar-refractivity contribution is 7.89. The van der Waals surface area contributed by atoms with Crippen LogP contribution in [0.2, 0.25) is 10.0 Å². The largest absolute Gasteiger partial charge is 0.484 e. The predicted molar refractivity (Wildman–Crippen MR) is 104 cm³/mol. The zero-order valence-electron chi connectivity index (χ0n) is 14.6. The van der Waals surface area contributed by atoms with Crippen molar-refractivity contribution in [3.63, 3.8) is 0 Å². The van der Waals surface area contributed by atoms with E-state index in [-0.39, 0.29) is 43.6 Å². The van der Waals surface area contributed by atoms with E-state index in [1.54, 1.807) is 18.2 Å². The van der Waals surface area contributed by atoms with Crippen molar-refractivity contribution in [3.8, 4) is 5.75 Å². The minimum absolute atomic E-state index is 0.103. The molecule has 150 valence electrons. The first-order chi connectivity index (χ1) is 13.3. The van der Waals surface area contributed by atoms with E-state index in [0.717, 1.165) is 6.07 Å². The van der Waals surface area contributed by atoms with Gasteiger partial charge in [0.05, 0.1) is 4.90 Å². The van der Waals surface area contributed by atoms with E-state index >= 15 is 0 Å². The third-order valence-corrected chi connectivity index (χ3v) is 6.55. The number of rotatable bonds is 5. The van der Waals surface area contributed by atoms with Crippen molar-refractivity contribution in [2.45, 2.75) is 4.90 Å². The number of amides is 1. The molecule has 1 fully saturated rings. The van der Waals surface area contributed by atoms with Gasteiger partial charge in [-0.3, -0.25) is 4.79 Å². The molecule has 28 heavy (non-hydrogen) atoms. The molecule has 6 nitrogen and oxygen atoms in total. The Morgan fingerprint density at radius 1 is 1.04 bits per heavy atom. The molecule has 1 saturated heterocycles. The van der Waals surface area contributed by atoms with Crippen molar-refractivity contribution in [1.29, 1.82) is 0 Å². The summed E-state index contributed by atoms with van der Waals surface area (Å²) in [7, 11) is -3.80. The van der Waals surface area contributed by atoms with E-state index in [2.05, 4.69) is 0 Å². The highest BCUT2D eigenvalue weighted by Crippen LogP contribution is 2.24. The van der Waals surface area contributed by atoms with Gasteiger partial charge in [-0.1, -0.05) is 29.3 Å². The number of hydrogen-bond acceptors (Lipinski definition) is 4. The first kappa shape index (κ1) is 20.9. The Hall–Kier alpha value is -1.87. The predicted octanol–water partition coefficient (Wildman–Crippen LogP) is 3.04. The summed E-state index contributed by atoms with van der Waals surface area (Å²) in [5.41, 5.74) is 0. The molecule has 10 heteroatoms. The van der Waals surface area contributed by atoms with Gasteiger partial charge in [-0.05, 0) is 36.4 Å². The second kappa shape index (κ2) is 8.65. The first-order valence-corrected chi connectivity index (χ1v) is 10.6. The Morgan fingerprint density at radius 2 is 1.68 bits per heavy atom. The Bertz CT molecular complexity index is 959. The fourth-order valence-electron chi connectivity index (χ4n) is 2.80. The third kappa shape index (κ3) is 4.94. The normalized spacial score (nSPS) is 15.5. The van der Waals surface area contributed by atoms with Crippen LogP contribution in [-0.2, 0) is 14.8 Å². The first-order valence-electron chi connectivity index (χ1n) is 8.38. The highest BCUT2D eigenvalue weighted by Gasteiger charge is 2.30. The number of benzene rings is 2. The Morgan fingerprint density at radius 3 is 2.29 bits per heavy atom. The Kier molecular flexibility index (Phi) is 6.44. The summed E-state index contributed by atoms with van der Waals surface area (Å²) in [6, 6.07) is 9.51. The van der Waals surface area contributed by atoms with Gasteiger partial charge in [0, 0.05) is 36.2 Å². The molecule has 0 unspecified atom stereocenters. The van der Waals surface area contributed by atoms with Crippen LogP contribution < -0.4 is 4.74 Å². The van der Waals surface area contributed by atoms with Crippen LogP contribution in [0.5, 0.6) is 5.75 Å². The lowest BCUT2D eigenvalue weighted by Crippen LogP contribution is -2.51. The van der Waals surface area contributed by atoms with E-state index in [9.17, 15) is 17.6 Å². The molecular formula is C18H17Cl2FN2O4S. The number of hydrogen-bond donors (Lipinski definition) is 0. The molecule has 1 amide bonds. The molecule has 0 bridgehead atoms. The molecule has 0 N–H and O–H groups in total. The van der Waals surface area contributed by atoms with Crippen molar-refractivity contribution in [2.24, 2.45) is 0 Å². The Labute approximate surface area is 172 Å². The number of halogens is 3. The lowest BCUT2D eigenvalue weighted by atomic mass is 10.3. The fraction of sp³-hybridized carbons (Fsp3) is 0.278. The molecule has 1 aliphatic heterocycles. The van der Waals surface area contributed by atoms with Gasteiger partial charge in [0.15, 0.2) is 6.61 Å². The van der Waals surface area contributed by atoms with Gasteiger partial charge < -0.3 is 9.64 Å². The monoisotopic (exact) mass is 446 g/mol. The van der Waals surface area contributed by atoms with Crippen LogP contribution >= 0.6 is 23.2 Å². The minimum Gasteiger partial charge on any atom is -0.484 e. The molecule has 2 aromatic carbocycles. The van der Waals surface area contributed by atoms with Crippen LogP contribution in [-0.4, -0.2) is 56.3 Å². The van der Waals surface area contributed by atoms with E-state index in [4.69, 9.17) is 27.9 Å². The quantitative estimate of drug-likeness (QED) is 0.707. The lowest BCUT2D eigenvalue weighted by Gasteiger charge is -2.34. The van der Waals surface area contributed by atoms with Gasteiger partial charge in [-0.25, -0.2) is 12.8 Å². The number of ether oxygens (including phenoxy) is 1. The van der Waals surface area contributed by atoms with Crippen molar-refractivity contribution < 1.29 is 22.3 Å². The van der Waals surface area contributed by atoms with Gasteiger partial charge in [0.2, 0.25) is 10.0 Å². The molecule has 3 rings (SSSR count). The average Bonchev–Trinajstić information content (AvgIpc) is 2.65. The second-order valence-electron chi connectivity index (χ2n) is 6.14. The zero-order chi connectivity index (χ0) is 20.3. The van der Waals surface area contributed by atoms with Gasteiger partial charge in [0.25, 0.3) is 5.91 Å². The summed E-state index contributed by atoms with van der Waals surface area (Å²) >= 11 is 11.8. The van der Waals surface area contributed by atoms with Gasteiger partial charge in [-0.15, -0.1) is 0 Å². The molecular weight excluding hydrogens is 430 g/mol. The molecule has 2 aromatic rings. The molecule has 0 aliphatic carbocycles. The molecule has 0 aromatic heterocycles. The van der Waals surface area contributed by atoms with E-state index < -0.39 is 15.8 Å².